The molecule has 0 saturated carbocycles. The van der Waals surface area contributed by atoms with Gasteiger partial charge in [-0.2, -0.15) is 0 Å². The first-order valence-corrected chi connectivity index (χ1v) is 8.51. The van der Waals surface area contributed by atoms with Gasteiger partial charge < -0.3 is 14.7 Å². The summed E-state index contributed by atoms with van der Waals surface area (Å²) in [5, 5.41) is 9.67. The van der Waals surface area contributed by atoms with Crippen LogP contribution in [0, 0.1) is 5.92 Å². The van der Waals surface area contributed by atoms with Gasteiger partial charge in [0, 0.05) is 32.4 Å². The molecule has 5 heteroatoms. The van der Waals surface area contributed by atoms with Crippen molar-refractivity contribution < 1.29 is 19.4 Å². The van der Waals surface area contributed by atoms with Crippen molar-refractivity contribution in [2.75, 3.05) is 13.1 Å². The van der Waals surface area contributed by atoms with E-state index in [-0.39, 0.29) is 5.91 Å². The highest BCUT2D eigenvalue weighted by molar-refractivity contribution is 5.80. The van der Waals surface area contributed by atoms with Gasteiger partial charge in [0.25, 0.3) is 0 Å². The molecule has 1 amide bonds. The van der Waals surface area contributed by atoms with Gasteiger partial charge >= 0.3 is 5.97 Å². The minimum Gasteiger partial charge on any atom is -0.478 e. The number of aliphatic carboxylic acids is 1. The minimum absolute atomic E-state index is 0.116. The molecule has 1 heterocycles. The first-order valence-electron chi connectivity index (χ1n) is 8.51. The number of benzene rings is 1. The summed E-state index contributed by atoms with van der Waals surface area (Å²) in [5.41, 5.74) is -1.24. The molecule has 1 aliphatic heterocycles. The van der Waals surface area contributed by atoms with Crippen molar-refractivity contribution in [3.63, 3.8) is 0 Å². The number of hydrogen-bond acceptors (Lipinski definition) is 3. The lowest BCUT2D eigenvalue weighted by atomic mass is 9.90. The van der Waals surface area contributed by atoms with Crippen molar-refractivity contribution >= 4 is 11.9 Å². The number of rotatable bonds is 5. The molecule has 2 aliphatic rings. The molecule has 0 spiro atoms. The monoisotopic (exact) mass is 329 g/mol. The highest BCUT2D eigenvalue weighted by atomic mass is 16.5. The number of ether oxygens (including phenoxy) is 1. The van der Waals surface area contributed by atoms with E-state index in [1.807, 2.05) is 18.2 Å². The van der Waals surface area contributed by atoms with E-state index < -0.39 is 11.6 Å². The number of likely N-dealkylation sites (tertiary alicyclic amines) is 1. The average Bonchev–Trinajstić information content (AvgIpc) is 3.09. The van der Waals surface area contributed by atoms with Crippen LogP contribution in [0.2, 0.25) is 0 Å². The van der Waals surface area contributed by atoms with E-state index >= 15 is 0 Å². The molecule has 0 radical (unpaired) electrons. The third-order valence-corrected chi connectivity index (χ3v) is 4.92. The predicted octanol–water partition coefficient (Wildman–Crippen LogP) is 2.87. The lowest BCUT2D eigenvalue weighted by Crippen LogP contribution is -2.54. The van der Waals surface area contributed by atoms with Crippen molar-refractivity contribution in [1.29, 1.82) is 0 Å². The van der Waals surface area contributed by atoms with E-state index in [9.17, 15) is 14.7 Å². The second kappa shape index (κ2) is 7.07. The second-order valence-electron chi connectivity index (χ2n) is 6.57. The molecule has 1 aromatic carbocycles. The third-order valence-electron chi connectivity index (χ3n) is 4.92. The Morgan fingerprint density at radius 2 is 1.92 bits per heavy atom. The van der Waals surface area contributed by atoms with Gasteiger partial charge in [-0.25, -0.2) is 4.79 Å². The molecule has 0 aromatic heterocycles. The maximum Gasteiger partial charge on any atom is 0.348 e. The number of carbonyl (C=O) groups is 2. The standard InChI is InChI=1S/C19H23NO4/c21-17(14-15-6-4-5-7-15)20-12-10-19(11-13-20,18(22)23)24-16-8-2-1-3-9-16/h1-4,6,8-9,15H,5,7,10-14H2,(H,22,23)/t15-/m1/s1. The molecular weight excluding hydrogens is 306 g/mol. The van der Waals surface area contributed by atoms with Gasteiger partial charge in [-0.05, 0) is 30.9 Å². The topological polar surface area (TPSA) is 66.8 Å². The fraction of sp³-hybridized carbons (Fsp3) is 0.474. The minimum atomic E-state index is -1.24. The van der Waals surface area contributed by atoms with E-state index in [1.165, 1.54) is 0 Å². The van der Waals surface area contributed by atoms with E-state index in [2.05, 4.69) is 12.2 Å². The fourth-order valence-electron chi connectivity index (χ4n) is 3.41. The molecule has 1 N–H and O–H groups in total. The second-order valence-corrected chi connectivity index (χ2v) is 6.57. The van der Waals surface area contributed by atoms with Crippen LogP contribution in [0.3, 0.4) is 0 Å². The van der Waals surface area contributed by atoms with Crippen LogP contribution in [-0.4, -0.2) is 40.6 Å². The van der Waals surface area contributed by atoms with Gasteiger partial charge in [0.2, 0.25) is 11.5 Å². The Labute approximate surface area is 141 Å². The lowest BCUT2D eigenvalue weighted by molar-refractivity contribution is -0.162. The number of piperidine rings is 1. The summed E-state index contributed by atoms with van der Waals surface area (Å²) >= 11 is 0. The van der Waals surface area contributed by atoms with Gasteiger partial charge in [-0.3, -0.25) is 4.79 Å². The molecular formula is C19H23NO4. The highest BCUT2D eigenvalue weighted by Crippen LogP contribution is 2.30. The maximum absolute atomic E-state index is 12.4. The van der Waals surface area contributed by atoms with Crippen molar-refractivity contribution in [3.8, 4) is 5.75 Å². The molecule has 1 aromatic rings. The number of allylic oxidation sites excluding steroid dienone is 2. The Kier molecular flexibility index (Phi) is 4.88. The number of carbonyl (C=O) groups excluding carboxylic acids is 1. The van der Waals surface area contributed by atoms with Crippen molar-refractivity contribution in [3.05, 3.63) is 42.5 Å². The number of para-hydroxylation sites is 1. The van der Waals surface area contributed by atoms with Crippen molar-refractivity contribution in [2.24, 2.45) is 5.92 Å². The summed E-state index contributed by atoms with van der Waals surface area (Å²) in [5.74, 6) is 0.0439. The first kappa shape index (κ1) is 16.6. The Morgan fingerprint density at radius 3 is 2.50 bits per heavy atom. The van der Waals surface area contributed by atoms with Crippen LogP contribution in [0.25, 0.3) is 0 Å². The molecule has 0 unspecified atom stereocenters. The summed E-state index contributed by atoms with van der Waals surface area (Å²) < 4.78 is 5.82. The van der Waals surface area contributed by atoms with E-state index in [1.54, 1.807) is 17.0 Å². The van der Waals surface area contributed by atoms with E-state index in [0.717, 1.165) is 12.8 Å². The van der Waals surface area contributed by atoms with Gasteiger partial charge in [0.05, 0.1) is 0 Å². The zero-order valence-corrected chi connectivity index (χ0v) is 13.7. The molecule has 0 bridgehead atoms. The summed E-state index contributed by atoms with van der Waals surface area (Å²) in [6.45, 7) is 0.850. The lowest BCUT2D eigenvalue weighted by Gasteiger charge is -2.39. The number of carboxylic acid groups (broad SMARTS) is 1. The number of hydrogen-bond donors (Lipinski definition) is 1. The van der Waals surface area contributed by atoms with Gasteiger partial charge in [-0.1, -0.05) is 30.4 Å². The molecule has 5 nitrogen and oxygen atoms in total. The summed E-state index contributed by atoms with van der Waals surface area (Å²) in [7, 11) is 0. The van der Waals surface area contributed by atoms with Crippen LogP contribution in [0.5, 0.6) is 5.75 Å². The highest BCUT2D eigenvalue weighted by Gasteiger charge is 2.45. The number of carboxylic acids is 1. The molecule has 1 saturated heterocycles. The molecule has 1 aliphatic carbocycles. The molecule has 1 atom stereocenters. The normalized spacial score (nSPS) is 22.3. The molecule has 3 rings (SSSR count). The van der Waals surface area contributed by atoms with E-state index in [0.29, 0.717) is 44.0 Å². The van der Waals surface area contributed by atoms with Gasteiger partial charge in [0.15, 0.2) is 0 Å². The summed E-state index contributed by atoms with van der Waals surface area (Å²) in [6, 6.07) is 9.01. The SMILES string of the molecule is O=C(C[C@@H]1C=CCC1)N1CCC(Oc2ccccc2)(C(=O)O)CC1. The summed E-state index contributed by atoms with van der Waals surface area (Å²) in [6.07, 6.45) is 7.46. The van der Waals surface area contributed by atoms with Crippen LogP contribution in [0.1, 0.15) is 32.1 Å². The molecule has 128 valence electrons. The van der Waals surface area contributed by atoms with Crippen LogP contribution in [0.15, 0.2) is 42.5 Å². The van der Waals surface area contributed by atoms with Crippen molar-refractivity contribution in [1.82, 2.24) is 4.90 Å². The van der Waals surface area contributed by atoms with Crippen LogP contribution >= 0.6 is 0 Å². The zero-order valence-electron chi connectivity index (χ0n) is 13.7. The number of nitrogens with zero attached hydrogens (tertiary/aromatic N) is 1. The van der Waals surface area contributed by atoms with Crippen molar-refractivity contribution in [2.45, 2.75) is 37.7 Å². The number of amides is 1. The smallest absolute Gasteiger partial charge is 0.348 e. The Balaban J connectivity index is 1.61. The van der Waals surface area contributed by atoms with Gasteiger partial charge in [-0.15, -0.1) is 0 Å². The molecule has 1 fully saturated rings. The zero-order chi connectivity index (χ0) is 17.0. The maximum atomic E-state index is 12.4. The predicted molar refractivity (Wildman–Crippen MR) is 89.7 cm³/mol. The Hall–Kier alpha value is -2.30. The van der Waals surface area contributed by atoms with Crippen LogP contribution in [0.4, 0.5) is 0 Å². The third kappa shape index (κ3) is 3.61. The first-order chi connectivity index (χ1) is 11.6. The van der Waals surface area contributed by atoms with Crippen LogP contribution < -0.4 is 4.74 Å². The fourth-order valence-corrected chi connectivity index (χ4v) is 3.41. The van der Waals surface area contributed by atoms with Gasteiger partial charge in [0.1, 0.15) is 5.75 Å². The Bertz CT molecular complexity index is 618. The average molecular weight is 329 g/mol. The molecule has 24 heavy (non-hydrogen) atoms. The van der Waals surface area contributed by atoms with Crippen LogP contribution in [-0.2, 0) is 9.59 Å². The quantitative estimate of drug-likeness (QED) is 0.844. The summed E-state index contributed by atoms with van der Waals surface area (Å²) in [4.78, 5) is 26.0. The largest absolute Gasteiger partial charge is 0.478 e. The Morgan fingerprint density at radius 1 is 1.21 bits per heavy atom. The van der Waals surface area contributed by atoms with E-state index in [4.69, 9.17) is 4.74 Å².